The first-order chi connectivity index (χ1) is 7.56. The van der Waals surface area contributed by atoms with Crippen LogP contribution in [0.4, 0.5) is 0 Å². The van der Waals surface area contributed by atoms with Crippen molar-refractivity contribution in [3.63, 3.8) is 0 Å². The third-order valence-electron chi connectivity index (χ3n) is 2.33. The highest BCUT2D eigenvalue weighted by Crippen LogP contribution is 2.28. The van der Waals surface area contributed by atoms with Crippen LogP contribution >= 0.6 is 0 Å². The van der Waals surface area contributed by atoms with E-state index in [-0.39, 0.29) is 6.10 Å². The van der Waals surface area contributed by atoms with E-state index in [1.165, 1.54) is 0 Å². The quantitative estimate of drug-likeness (QED) is 0.832. The van der Waals surface area contributed by atoms with Crippen LogP contribution in [0.15, 0.2) is 18.2 Å². The lowest BCUT2D eigenvalue weighted by Gasteiger charge is -2.18. The Bertz CT molecular complexity index is 314. The largest absolute Gasteiger partial charge is 0.496 e. The van der Waals surface area contributed by atoms with E-state index < -0.39 is 6.10 Å². The van der Waals surface area contributed by atoms with Gasteiger partial charge in [0.2, 0.25) is 0 Å². The molecule has 0 heterocycles. The van der Waals surface area contributed by atoms with Gasteiger partial charge in [0.25, 0.3) is 0 Å². The maximum Gasteiger partial charge on any atom is 0.127 e. The van der Waals surface area contributed by atoms with Crippen molar-refractivity contribution in [1.29, 1.82) is 0 Å². The molecule has 0 saturated carbocycles. The second-order valence-electron chi connectivity index (χ2n) is 3.61. The fourth-order valence-corrected chi connectivity index (χ4v) is 1.16. The number of methoxy groups -OCH3 is 2. The average Bonchev–Trinajstić information content (AvgIpc) is 2.28. The monoisotopic (exact) mass is 226 g/mol. The SMILES string of the molecule is COc1cc(OC)cc(OC(C)C(C)O)c1. The van der Waals surface area contributed by atoms with Crippen LogP contribution in [-0.2, 0) is 0 Å². The maximum absolute atomic E-state index is 9.35. The summed E-state index contributed by atoms with van der Waals surface area (Å²) < 4.78 is 15.8. The number of ether oxygens (including phenoxy) is 3. The zero-order chi connectivity index (χ0) is 12.1. The summed E-state index contributed by atoms with van der Waals surface area (Å²) in [5.74, 6) is 1.93. The lowest BCUT2D eigenvalue weighted by atomic mass is 10.2. The lowest BCUT2D eigenvalue weighted by molar-refractivity contribution is 0.0601. The highest BCUT2D eigenvalue weighted by atomic mass is 16.5. The van der Waals surface area contributed by atoms with Gasteiger partial charge in [-0.1, -0.05) is 0 Å². The number of rotatable bonds is 5. The number of hydrogen-bond acceptors (Lipinski definition) is 4. The minimum atomic E-state index is -0.530. The van der Waals surface area contributed by atoms with E-state index in [9.17, 15) is 5.11 Å². The van der Waals surface area contributed by atoms with Crippen LogP contribution in [-0.4, -0.2) is 31.5 Å². The van der Waals surface area contributed by atoms with E-state index in [0.29, 0.717) is 17.2 Å². The molecule has 4 heteroatoms. The van der Waals surface area contributed by atoms with Crippen molar-refractivity contribution in [1.82, 2.24) is 0 Å². The summed E-state index contributed by atoms with van der Waals surface area (Å²) in [5.41, 5.74) is 0. The van der Waals surface area contributed by atoms with Gasteiger partial charge in [-0.25, -0.2) is 0 Å². The first-order valence-electron chi connectivity index (χ1n) is 5.14. The molecule has 1 aromatic rings. The van der Waals surface area contributed by atoms with E-state index in [0.717, 1.165) is 0 Å². The Kier molecular flexibility index (Phi) is 4.43. The van der Waals surface area contributed by atoms with Crippen LogP contribution in [0.1, 0.15) is 13.8 Å². The zero-order valence-corrected chi connectivity index (χ0v) is 10.1. The Morgan fingerprint density at radius 3 is 1.75 bits per heavy atom. The molecule has 2 atom stereocenters. The minimum absolute atomic E-state index is 0.281. The second kappa shape index (κ2) is 5.61. The Morgan fingerprint density at radius 1 is 0.938 bits per heavy atom. The Balaban J connectivity index is 2.86. The minimum Gasteiger partial charge on any atom is -0.496 e. The van der Waals surface area contributed by atoms with Gasteiger partial charge in [0.1, 0.15) is 23.4 Å². The van der Waals surface area contributed by atoms with E-state index in [2.05, 4.69) is 0 Å². The molecule has 0 aliphatic heterocycles. The summed E-state index contributed by atoms with van der Waals surface area (Å²) >= 11 is 0. The van der Waals surface area contributed by atoms with Gasteiger partial charge in [0, 0.05) is 18.2 Å². The number of aliphatic hydroxyl groups is 1. The molecular weight excluding hydrogens is 208 g/mol. The molecular formula is C12H18O4. The molecule has 0 spiro atoms. The molecule has 90 valence electrons. The first-order valence-corrected chi connectivity index (χ1v) is 5.14. The molecule has 0 fully saturated rings. The standard InChI is InChI=1S/C12H18O4/c1-8(13)9(2)16-12-6-10(14-3)5-11(7-12)15-4/h5-9,13H,1-4H3. The van der Waals surface area contributed by atoms with Gasteiger partial charge in [-0.2, -0.15) is 0 Å². The second-order valence-corrected chi connectivity index (χ2v) is 3.61. The van der Waals surface area contributed by atoms with Crippen molar-refractivity contribution in [2.24, 2.45) is 0 Å². The molecule has 0 radical (unpaired) electrons. The lowest BCUT2D eigenvalue weighted by Crippen LogP contribution is -2.25. The third kappa shape index (κ3) is 3.31. The van der Waals surface area contributed by atoms with Crippen LogP contribution in [0.5, 0.6) is 17.2 Å². The summed E-state index contributed by atoms with van der Waals surface area (Å²) in [4.78, 5) is 0. The normalized spacial score (nSPS) is 14.1. The fraction of sp³-hybridized carbons (Fsp3) is 0.500. The smallest absolute Gasteiger partial charge is 0.127 e. The molecule has 0 bridgehead atoms. The molecule has 1 aromatic carbocycles. The topological polar surface area (TPSA) is 47.9 Å². The molecule has 0 aliphatic rings. The fourth-order valence-electron chi connectivity index (χ4n) is 1.16. The van der Waals surface area contributed by atoms with Gasteiger partial charge in [0.05, 0.1) is 20.3 Å². The summed E-state index contributed by atoms with van der Waals surface area (Å²) in [6.07, 6.45) is -0.811. The van der Waals surface area contributed by atoms with Crippen LogP contribution in [0.2, 0.25) is 0 Å². The molecule has 16 heavy (non-hydrogen) atoms. The van der Waals surface area contributed by atoms with Crippen molar-refractivity contribution in [2.75, 3.05) is 14.2 Å². The Morgan fingerprint density at radius 2 is 1.38 bits per heavy atom. The van der Waals surface area contributed by atoms with Crippen molar-refractivity contribution < 1.29 is 19.3 Å². The summed E-state index contributed by atoms with van der Waals surface area (Å²) in [7, 11) is 3.16. The van der Waals surface area contributed by atoms with Crippen molar-refractivity contribution >= 4 is 0 Å². The number of hydrogen-bond donors (Lipinski definition) is 1. The molecule has 0 aromatic heterocycles. The van der Waals surface area contributed by atoms with Crippen LogP contribution in [0.25, 0.3) is 0 Å². The van der Waals surface area contributed by atoms with Crippen molar-refractivity contribution in [3.05, 3.63) is 18.2 Å². The van der Waals surface area contributed by atoms with Gasteiger partial charge in [-0.05, 0) is 13.8 Å². The molecule has 1 N–H and O–H groups in total. The number of benzene rings is 1. The van der Waals surface area contributed by atoms with Crippen molar-refractivity contribution in [2.45, 2.75) is 26.1 Å². The van der Waals surface area contributed by atoms with E-state index in [1.54, 1.807) is 46.3 Å². The Hall–Kier alpha value is -1.42. The van der Waals surface area contributed by atoms with E-state index in [1.807, 2.05) is 0 Å². The van der Waals surface area contributed by atoms with E-state index in [4.69, 9.17) is 14.2 Å². The highest BCUT2D eigenvalue weighted by molar-refractivity contribution is 5.42. The van der Waals surface area contributed by atoms with Gasteiger partial charge in [0.15, 0.2) is 0 Å². The van der Waals surface area contributed by atoms with Gasteiger partial charge >= 0.3 is 0 Å². The molecule has 0 aliphatic carbocycles. The molecule has 4 nitrogen and oxygen atoms in total. The van der Waals surface area contributed by atoms with Gasteiger partial charge in [-0.15, -0.1) is 0 Å². The molecule has 0 amide bonds. The first kappa shape index (κ1) is 12.6. The van der Waals surface area contributed by atoms with Crippen LogP contribution < -0.4 is 14.2 Å². The van der Waals surface area contributed by atoms with Crippen LogP contribution in [0, 0.1) is 0 Å². The summed E-state index contributed by atoms with van der Waals surface area (Å²) in [6.45, 7) is 3.48. The summed E-state index contributed by atoms with van der Waals surface area (Å²) in [5, 5.41) is 9.35. The summed E-state index contributed by atoms with van der Waals surface area (Å²) in [6, 6.07) is 5.27. The van der Waals surface area contributed by atoms with Gasteiger partial charge < -0.3 is 19.3 Å². The Labute approximate surface area is 95.8 Å². The van der Waals surface area contributed by atoms with Crippen LogP contribution in [0.3, 0.4) is 0 Å². The average molecular weight is 226 g/mol. The van der Waals surface area contributed by atoms with E-state index >= 15 is 0 Å². The number of aliphatic hydroxyl groups excluding tert-OH is 1. The third-order valence-corrected chi connectivity index (χ3v) is 2.33. The maximum atomic E-state index is 9.35. The molecule has 2 unspecified atom stereocenters. The zero-order valence-electron chi connectivity index (χ0n) is 10.1. The predicted molar refractivity (Wildman–Crippen MR) is 61.3 cm³/mol. The molecule has 0 saturated heterocycles. The predicted octanol–water partition coefficient (Wildman–Crippen LogP) is 1.85. The van der Waals surface area contributed by atoms with Crippen molar-refractivity contribution in [3.8, 4) is 17.2 Å². The molecule has 1 rings (SSSR count). The highest BCUT2D eigenvalue weighted by Gasteiger charge is 2.11. The van der Waals surface area contributed by atoms with Gasteiger partial charge in [-0.3, -0.25) is 0 Å².